The van der Waals surface area contributed by atoms with Gasteiger partial charge in [-0.1, -0.05) is 55.0 Å². The quantitative estimate of drug-likeness (QED) is 0.449. The molecule has 1 unspecified atom stereocenters. The number of benzene rings is 2. The zero-order chi connectivity index (χ0) is 24.9. The highest BCUT2D eigenvalue weighted by molar-refractivity contribution is 7.07. The SMILES string of the molecule is CCCC1=C(C(=O)OCC)C(c2cc(OC)ccc2OC)n2c(sc(=Cc3ccccc3)c2=O)=N1. The number of hydrogen-bond donors (Lipinski definition) is 0. The molecule has 8 heteroatoms. The smallest absolute Gasteiger partial charge is 0.338 e. The molecular weight excluding hydrogens is 464 g/mol. The Kier molecular flexibility index (Phi) is 7.51. The molecule has 1 aliphatic rings. The van der Waals surface area contributed by atoms with Gasteiger partial charge in [-0.2, -0.15) is 0 Å². The van der Waals surface area contributed by atoms with Crippen molar-refractivity contribution in [3.05, 3.63) is 90.6 Å². The number of ether oxygens (including phenoxy) is 3. The van der Waals surface area contributed by atoms with Crippen LogP contribution in [-0.2, 0) is 9.53 Å². The largest absolute Gasteiger partial charge is 0.497 e. The predicted octanol–water partition coefficient (Wildman–Crippen LogP) is 3.60. The van der Waals surface area contributed by atoms with Gasteiger partial charge in [0.25, 0.3) is 5.56 Å². The fourth-order valence-electron chi connectivity index (χ4n) is 4.17. The normalized spacial score (nSPS) is 15.4. The first-order chi connectivity index (χ1) is 17.0. The molecule has 1 aliphatic heterocycles. The van der Waals surface area contributed by atoms with E-state index in [1.54, 1.807) is 43.9 Å². The van der Waals surface area contributed by atoms with Crippen LogP contribution >= 0.6 is 11.3 Å². The van der Waals surface area contributed by atoms with Crippen LogP contribution in [0.2, 0.25) is 0 Å². The Morgan fingerprint density at radius 2 is 1.89 bits per heavy atom. The Morgan fingerprint density at radius 3 is 2.54 bits per heavy atom. The summed E-state index contributed by atoms with van der Waals surface area (Å²) in [5.41, 5.74) is 2.27. The lowest BCUT2D eigenvalue weighted by Crippen LogP contribution is -2.40. The maximum Gasteiger partial charge on any atom is 0.338 e. The molecule has 7 nitrogen and oxygen atoms in total. The molecule has 0 aliphatic carbocycles. The second-order valence-corrected chi connectivity index (χ2v) is 8.94. The molecule has 182 valence electrons. The van der Waals surface area contributed by atoms with Crippen LogP contribution in [0.5, 0.6) is 11.5 Å². The summed E-state index contributed by atoms with van der Waals surface area (Å²) >= 11 is 1.31. The summed E-state index contributed by atoms with van der Waals surface area (Å²) in [5, 5.41) is 0. The molecule has 0 fully saturated rings. The van der Waals surface area contributed by atoms with Crippen molar-refractivity contribution in [2.75, 3.05) is 20.8 Å². The van der Waals surface area contributed by atoms with E-state index in [-0.39, 0.29) is 12.2 Å². The van der Waals surface area contributed by atoms with Gasteiger partial charge >= 0.3 is 5.97 Å². The molecule has 0 saturated heterocycles. The van der Waals surface area contributed by atoms with E-state index < -0.39 is 12.0 Å². The van der Waals surface area contributed by atoms with Crippen molar-refractivity contribution in [2.24, 2.45) is 4.99 Å². The Labute approximate surface area is 207 Å². The number of methoxy groups -OCH3 is 2. The molecule has 35 heavy (non-hydrogen) atoms. The van der Waals surface area contributed by atoms with Gasteiger partial charge in [0.05, 0.1) is 36.6 Å². The molecule has 2 aromatic carbocycles. The molecule has 0 saturated carbocycles. The topological polar surface area (TPSA) is 79.1 Å². The summed E-state index contributed by atoms with van der Waals surface area (Å²) in [7, 11) is 3.13. The molecule has 0 spiro atoms. The Bertz CT molecular complexity index is 1440. The van der Waals surface area contributed by atoms with Crippen LogP contribution in [0.4, 0.5) is 0 Å². The summed E-state index contributed by atoms with van der Waals surface area (Å²) < 4.78 is 18.7. The third kappa shape index (κ3) is 4.79. The fraction of sp³-hybridized carbons (Fsp3) is 0.296. The maximum atomic E-state index is 13.8. The van der Waals surface area contributed by atoms with Crippen LogP contribution < -0.4 is 24.4 Å². The molecule has 4 rings (SSSR count). The number of rotatable bonds is 8. The molecule has 0 radical (unpaired) electrons. The molecule has 0 amide bonds. The number of hydrogen-bond acceptors (Lipinski definition) is 7. The summed E-state index contributed by atoms with van der Waals surface area (Å²) in [4.78, 5) is 32.4. The lowest BCUT2D eigenvalue weighted by atomic mass is 9.93. The Hall–Kier alpha value is -3.65. The molecule has 1 aromatic heterocycles. The third-order valence-electron chi connectivity index (χ3n) is 5.72. The number of allylic oxidation sites excluding steroid dienone is 1. The van der Waals surface area contributed by atoms with Gasteiger partial charge in [0.1, 0.15) is 17.5 Å². The van der Waals surface area contributed by atoms with Gasteiger partial charge in [-0.25, -0.2) is 9.79 Å². The second-order valence-electron chi connectivity index (χ2n) is 7.93. The average Bonchev–Trinajstić information content (AvgIpc) is 3.18. The number of aromatic nitrogens is 1. The van der Waals surface area contributed by atoms with Gasteiger partial charge in [0, 0.05) is 5.56 Å². The van der Waals surface area contributed by atoms with Crippen molar-refractivity contribution < 1.29 is 19.0 Å². The van der Waals surface area contributed by atoms with E-state index in [0.717, 1.165) is 12.0 Å². The van der Waals surface area contributed by atoms with E-state index >= 15 is 0 Å². The van der Waals surface area contributed by atoms with Crippen LogP contribution in [0.3, 0.4) is 0 Å². The van der Waals surface area contributed by atoms with E-state index in [4.69, 9.17) is 19.2 Å². The van der Waals surface area contributed by atoms with E-state index in [0.29, 0.717) is 44.1 Å². The number of esters is 1. The third-order valence-corrected chi connectivity index (χ3v) is 6.70. The lowest BCUT2D eigenvalue weighted by Gasteiger charge is -2.27. The average molecular weight is 493 g/mol. The first-order valence-corrected chi connectivity index (χ1v) is 12.3. The first-order valence-electron chi connectivity index (χ1n) is 11.5. The minimum Gasteiger partial charge on any atom is -0.497 e. The summed E-state index contributed by atoms with van der Waals surface area (Å²) in [5.74, 6) is 0.629. The van der Waals surface area contributed by atoms with Gasteiger partial charge in [-0.05, 0) is 43.2 Å². The zero-order valence-electron chi connectivity index (χ0n) is 20.2. The minimum absolute atomic E-state index is 0.210. The number of nitrogens with zero attached hydrogens (tertiary/aromatic N) is 2. The van der Waals surface area contributed by atoms with E-state index in [1.165, 1.54) is 11.3 Å². The van der Waals surface area contributed by atoms with Crippen LogP contribution in [0.1, 0.15) is 43.9 Å². The van der Waals surface area contributed by atoms with Crippen molar-refractivity contribution in [2.45, 2.75) is 32.7 Å². The standard InChI is InChI=1S/C27H28N2O5S/c1-5-10-20-23(26(31)34-6-2)24(19-16-18(32-3)13-14-21(19)33-4)29-25(30)22(35-27(29)28-20)15-17-11-8-7-9-12-17/h7-9,11-16,24H,5-6,10H2,1-4H3. The van der Waals surface area contributed by atoms with Crippen molar-refractivity contribution in [1.82, 2.24) is 4.57 Å². The number of carbonyl (C=O) groups is 1. The van der Waals surface area contributed by atoms with Crippen LogP contribution in [0.25, 0.3) is 6.08 Å². The maximum absolute atomic E-state index is 13.8. The molecular formula is C27H28N2O5S. The van der Waals surface area contributed by atoms with Gasteiger partial charge in [-0.3, -0.25) is 9.36 Å². The van der Waals surface area contributed by atoms with Crippen LogP contribution in [-0.4, -0.2) is 31.4 Å². The Balaban J connectivity index is 2.06. The number of thiazole rings is 1. The minimum atomic E-state index is -0.769. The molecule has 1 atom stereocenters. The zero-order valence-corrected chi connectivity index (χ0v) is 21.1. The van der Waals surface area contributed by atoms with Gasteiger partial charge < -0.3 is 14.2 Å². The molecule has 0 bridgehead atoms. The highest BCUT2D eigenvalue weighted by atomic mass is 32.1. The Morgan fingerprint density at radius 1 is 1.11 bits per heavy atom. The molecule has 2 heterocycles. The van der Waals surface area contributed by atoms with Crippen molar-refractivity contribution in [1.29, 1.82) is 0 Å². The van der Waals surface area contributed by atoms with Crippen molar-refractivity contribution in [3.8, 4) is 11.5 Å². The van der Waals surface area contributed by atoms with Crippen molar-refractivity contribution >= 4 is 23.4 Å². The summed E-state index contributed by atoms with van der Waals surface area (Å²) in [6.07, 6.45) is 3.19. The van der Waals surface area contributed by atoms with Gasteiger partial charge in [-0.15, -0.1) is 0 Å². The van der Waals surface area contributed by atoms with E-state index in [9.17, 15) is 9.59 Å². The monoisotopic (exact) mass is 492 g/mol. The van der Waals surface area contributed by atoms with Gasteiger partial charge in [0.2, 0.25) is 0 Å². The highest BCUT2D eigenvalue weighted by Crippen LogP contribution is 2.38. The molecule has 3 aromatic rings. The molecule has 0 N–H and O–H groups in total. The van der Waals surface area contributed by atoms with Gasteiger partial charge in [0.15, 0.2) is 4.80 Å². The van der Waals surface area contributed by atoms with Crippen molar-refractivity contribution in [3.63, 3.8) is 0 Å². The summed E-state index contributed by atoms with van der Waals surface area (Å²) in [6.45, 7) is 3.99. The number of carbonyl (C=O) groups excluding carboxylic acids is 1. The van der Waals surface area contributed by atoms with E-state index in [2.05, 4.69) is 0 Å². The van der Waals surface area contributed by atoms with E-state index in [1.807, 2.05) is 43.3 Å². The lowest BCUT2D eigenvalue weighted by molar-refractivity contribution is -0.139. The number of fused-ring (bicyclic) bond motifs is 1. The fourth-order valence-corrected chi connectivity index (χ4v) is 5.19. The summed E-state index contributed by atoms with van der Waals surface area (Å²) in [6, 6.07) is 14.2. The first kappa shape index (κ1) is 24.5. The highest BCUT2D eigenvalue weighted by Gasteiger charge is 2.36. The van der Waals surface area contributed by atoms with Crippen LogP contribution in [0, 0.1) is 0 Å². The van der Waals surface area contributed by atoms with Crippen LogP contribution in [0.15, 0.2) is 69.6 Å². The second kappa shape index (κ2) is 10.7. The predicted molar refractivity (Wildman–Crippen MR) is 136 cm³/mol.